The number of carbonyl (C=O) groups is 4. The Morgan fingerprint density at radius 3 is 2.62 bits per heavy atom. The van der Waals surface area contributed by atoms with Crippen LogP contribution in [0.15, 0.2) is 12.2 Å². The molecular weight excluding hydrogens is 646 g/mol. The van der Waals surface area contributed by atoms with Crippen molar-refractivity contribution >= 4 is 39.8 Å². The number of hydrazine groups is 3. The van der Waals surface area contributed by atoms with E-state index < -0.39 is 41.2 Å². The van der Waals surface area contributed by atoms with Crippen LogP contribution < -0.4 is 27.0 Å². The Labute approximate surface area is 274 Å². The van der Waals surface area contributed by atoms with Gasteiger partial charge in [0.2, 0.25) is 11.8 Å². The van der Waals surface area contributed by atoms with Crippen LogP contribution in [0.5, 0.6) is 0 Å². The molecule has 0 aromatic carbocycles. The van der Waals surface area contributed by atoms with E-state index in [1.165, 1.54) is 4.90 Å². The highest BCUT2D eigenvalue weighted by Gasteiger charge is 2.61. The number of alkyl carbamates (subject to hydrolysis) is 1. The third kappa shape index (κ3) is 8.01. The van der Waals surface area contributed by atoms with Gasteiger partial charge in [-0.15, -0.1) is 0 Å². The van der Waals surface area contributed by atoms with Crippen LogP contribution in [0.4, 0.5) is 4.79 Å². The third-order valence-corrected chi connectivity index (χ3v) is 11.2. The number of carboxylic acid groups (broad SMARTS) is 1. The molecule has 0 aromatic rings. The van der Waals surface area contributed by atoms with Gasteiger partial charge in [0.05, 0.1) is 12.2 Å². The Morgan fingerprint density at radius 2 is 1.91 bits per heavy atom. The van der Waals surface area contributed by atoms with Crippen molar-refractivity contribution in [3.8, 4) is 0 Å². The Balaban J connectivity index is 1.36. The fraction of sp³-hybridized carbons (Fsp3) is 0.806. The number of aliphatic carboxylic acids is 1. The first-order chi connectivity index (χ1) is 21.3. The monoisotopic (exact) mass is 695 g/mol. The number of carboxylic acids is 1. The summed E-state index contributed by atoms with van der Waals surface area (Å²) in [5, 5.41) is 17.6. The van der Waals surface area contributed by atoms with Gasteiger partial charge in [0.25, 0.3) is 0 Å². The molecule has 0 radical (unpaired) electrons. The molecule has 0 spiro atoms. The van der Waals surface area contributed by atoms with Crippen molar-refractivity contribution in [3.63, 3.8) is 0 Å². The smallest absolute Gasteiger partial charge is 0.408 e. The standard InChI is InChI=1S/C31H50BrN7O6/c1-18-14-19(12-13-22(18)32)25-35-37-39(36-25)21-15-24-26(40)34-31(28(42)43)16-20(31)10-8-6-5-7-9-11-23(27(41)38(24)17-21)33-29(44)45-30(2,3)4/h8,10,18-25,35-37H,5-7,9,11-17H2,1-4H3,(H,33,44)(H,34,40)(H,42,43)/b10-8-/t18?,19?,20-,21?,22?,23-,24+,25?,31+/m1/s1. The zero-order valence-electron chi connectivity index (χ0n) is 26.8. The first-order valence-electron chi connectivity index (χ1n) is 16.5. The van der Waals surface area contributed by atoms with Gasteiger partial charge in [-0.1, -0.05) is 47.8 Å². The van der Waals surface area contributed by atoms with Crippen molar-refractivity contribution in [2.75, 3.05) is 6.54 Å². The molecule has 6 N–H and O–H groups in total. The maximum absolute atomic E-state index is 14.2. The zero-order chi connectivity index (χ0) is 32.5. The van der Waals surface area contributed by atoms with Gasteiger partial charge in [0.15, 0.2) is 0 Å². The summed E-state index contributed by atoms with van der Waals surface area (Å²) in [6.45, 7) is 7.75. The number of hydrogen-bond acceptors (Lipinski definition) is 9. The zero-order valence-corrected chi connectivity index (χ0v) is 28.4. The topological polar surface area (TPSA) is 164 Å². The summed E-state index contributed by atoms with van der Waals surface area (Å²) >= 11 is 3.78. The molecule has 2 saturated carbocycles. The van der Waals surface area contributed by atoms with Crippen LogP contribution in [0.3, 0.4) is 0 Å². The summed E-state index contributed by atoms with van der Waals surface area (Å²) < 4.78 is 5.48. The van der Waals surface area contributed by atoms with Crippen LogP contribution in [0.2, 0.25) is 0 Å². The molecule has 5 unspecified atom stereocenters. The highest BCUT2D eigenvalue weighted by atomic mass is 79.9. The summed E-state index contributed by atoms with van der Waals surface area (Å²) in [5.41, 5.74) is 7.97. The normalized spacial score (nSPS) is 39.1. The molecule has 2 saturated heterocycles. The molecule has 9 atom stereocenters. The van der Waals surface area contributed by atoms with E-state index in [9.17, 15) is 24.3 Å². The minimum absolute atomic E-state index is 0.00843. The summed E-state index contributed by atoms with van der Waals surface area (Å²) in [4.78, 5) is 55.3. The Bertz CT molecular complexity index is 1170. The predicted molar refractivity (Wildman–Crippen MR) is 170 cm³/mol. The number of fused-ring (bicyclic) bond motifs is 2. The van der Waals surface area contributed by atoms with Gasteiger partial charge in [-0.3, -0.25) is 9.59 Å². The molecule has 0 bridgehead atoms. The van der Waals surface area contributed by atoms with Crippen LogP contribution in [0.25, 0.3) is 0 Å². The van der Waals surface area contributed by atoms with Gasteiger partial charge >= 0.3 is 12.1 Å². The van der Waals surface area contributed by atoms with Crippen molar-refractivity contribution in [3.05, 3.63) is 12.2 Å². The number of alkyl halides is 1. The number of hydrogen-bond donors (Lipinski definition) is 6. The molecular formula is C31H50BrN7O6. The Kier molecular flexibility index (Phi) is 10.5. The maximum Gasteiger partial charge on any atom is 0.408 e. The summed E-state index contributed by atoms with van der Waals surface area (Å²) in [6, 6.07) is -2.09. The highest BCUT2D eigenvalue weighted by Crippen LogP contribution is 2.45. The number of ether oxygens (including phenoxy) is 1. The van der Waals surface area contributed by atoms with E-state index in [2.05, 4.69) is 49.9 Å². The second kappa shape index (κ2) is 13.8. The van der Waals surface area contributed by atoms with E-state index in [1.807, 2.05) is 17.3 Å². The van der Waals surface area contributed by atoms with Gasteiger partial charge < -0.3 is 25.4 Å². The fourth-order valence-electron chi connectivity index (χ4n) is 7.19. The second-order valence-electron chi connectivity index (χ2n) is 14.5. The van der Waals surface area contributed by atoms with Crippen LogP contribution in [-0.2, 0) is 19.1 Å². The Hall–Kier alpha value is -2.26. The Morgan fingerprint density at radius 1 is 1.13 bits per heavy atom. The SMILES string of the molecule is CC1CC(C2NNN(C3C[C@H]4C(=O)N[C@@]5(C(=O)O)C[C@H]5/C=C\CCCCC[C@@H](NC(=O)OC(C)(C)C)C(=O)N4C3)N2)CCC1Br. The van der Waals surface area contributed by atoms with E-state index in [0.29, 0.717) is 35.9 Å². The number of halogens is 1. The number of nitrogens with one attached hydrogen (secondary N) is 5. The van der Waals surface area contributed by atoms with E-state index >= 15 is 0 Å². The number of rotatable bonds is 4. The van der Waals surface area contributed by atoms with Gasteiger partial charge in [-0.05, 0) is 84.0 Å². The number of carbonyl (C=O) groups excluding carboxylic acids is 3. The summed E-state index contributed by atoms with van der Waals surface area (Å²) in [5.74, 6) is -1.29. The molecule has 3 amide bonds. The molecule has 4 fully saturated rings. The van der Waals surface area contributed by atoms with Crippen molar-refractivity contribution < 1.29 is 29.0 Å². The number of allylic oxidation sites excluding steroid dienone is 1. The van der Waals surface area contributed by atoms with Crippen LogP contribution in [-0.4, -0.2) is 85.8 Å². The summed E-state index contributed by atoms with van der Waals surface area (Å²) in [6.07, 6.45) is 10.6. The van der Waals surface area contributed by atoms with Crippen LogP contribution in [0.1, 0.15) is 91.9 Å². The highest BCUT2D eigenvalue weighted by molar-refractivity contribution is 9.09. The quantitative estimate of drug-likeness (QED) is 0.190. The van der Waals surface area contributed by atoms with Crippen molar-refractivity contribution in [1.82, 2.24) is 37.0 Å². The van der Waals surface area contributed by atoms with Gasteiger partial charge in [-0.25, -0.2) is 20.4 Å². The molecule has 14 heteroatoms. The number of nitrogens with zero attached hydrogens (tertiary/aromatic N) is 2. The minimum atomic E-state index is -1.38. The van der Waals surface area contributed by atoms with Crippen molar-refractivity contribution in [2.45, 2.75) is 132 Å². The van der Waals surface area contributed by atoms with Gasteiger partial charge in [-0.2, -0.15) is 10.7 Å². The molecule has 5 rings (SSSR count). The maximum atomic E-state index is 14.2. The summed E-state index contributed by atoms with van der Waals surface area (Å²) in [7, 11) is 0. The lowest BCUT2D eigenvalue weighted by atomic mass is 9.81. The predicted octanol–water partition coefficient (Wildman–Crippen LogP) is 2.68. The lowest BCUT2D eigenvalue weighted by molar-refractivity contribution is -0.145. The molecule has 5 aliphatic rings. The third-order valence-electron chi connectivity index (χ3n) is 9.89. The first-order valence-corrected chi connectivity index (χ1v) is 17.4. The van der Waals surface area contributed by atoms with E-state index in [-0.39, 0.29) is 37.0 Å². The van der Waals surface area contributed by atoms with Crippen molar-refractivity contribution in [2.24, 2.45) is 17.8 Å². The van der Waals surface area contributed by atoms with Crippen LogP contribution in [0, 0.1) is 17.8 Å². The van der Waals surface area contributed by atoms with E-state index in [1.54, 1.807) is 20.8 Å². The number of amides is 3. The molecule has 13 nitrogen and oxygen atoms in total. The molecule has 2 aliphatic carbocycles. The molecule has 45 heavy (non-hydrogen) atoms. The molecule has 252 valence electrons. The fourth-order valence-corrected chi connectivity index (χ4v) is 7.67. The average molecular weight is 697 g/mol. The van der Waals surface area contributed by atoms with E-state index in [0.717, 1.165) is 38.5 Å². The average Bonchev–Trinajstić information content (AvgIpc) is 3.28. The largest absolute Gasteiger partial charge is 0.479 e. The van der Waals surface area contributed by atoms with Gasteiger partial charge in [0.1, 0.15) is 23.2 Å². The minimum Gasteiger partial charge on any atom is -0.479 e. The molecule has 3 heterocycles. The lowest BCUT2D eigenvalue weighted by Gasteiger charge is -2.34. The van der Waals surface area contributed by atoms with Crippen LogP contribution >= 0.6 is 15.9 Å². The molecule has 3 aliphatic heterocycles. The molecule has 0 aromatic heterocycles. The van der Waals surface area contributed by atoms with Crippen molar-refractivity contribution in [1.29, 1.82) is 0 Å². The van der Waals surface area contributed by atoms with E-state index in [4.69, 9.17) is 4.74 Å². The first kappa shape index (κ1) is 34.1. The second-order valence-corrected chi connectivity index (χ2v) is 15.7. The lowest BCUT2D eigenvalue weighted by Crippen LogP contribution is -2.56. The van der Waals surface area contributed by atoms with Gasteiger partial charge in [0, 0.05) is 17.3 Å².